The number of amidine groups is 1. The largest absolute Gasteiger partial charge is 0.396 e. The van der Waals surface area contributed by atoms with Gasteiger partial charge in [-0.25, -0.2) is 4.68 Å². The zero-order valence-electron chi connectivity index (χ0n) is 19.0. The first-order chi connectivity index (χ1) is 17.0. The Hall–Kier alpha value is -2.85. The van der Waals surface area contributed by atoms with Crippen LogP contribution < -0.4 is 10.7 Å². The van der Waals surface area contributed by atoms with Gasteiger partial charge in [-0.05, 0) is 60.0 Å². The van der Waals surface area contributed by atoms with Crippen LogP contribution in [0.25, 0.3) is 10.9 Å². The number of aliphatic hydroxyl groups is 1. The molecule has 0 bridgehead atoms. The minimum absolute atomic E-state index is 0.0358. The summed E-state index contributed by atoms with van der Waals surface area (Å²) in [7, 11) is 0. The van der Waals surface area contributed by atoms with E-state index < -0.39 is 5.91 Å². The SMILES string of the molecule is O=C(NCc1ccc(Cl)cc1)c1cn2c3c(cc(CCCO)cc3c1=O)SC(N1CCOCC1)=N2. The molecule has 0 spiro atoms. The second-order valence-electron chi connectivity index (χ2n) is 8.43. The number of carbonyl (C=O) groups is 1. The highest BCUT2D eigenvalue weighted by atomic mass is 35.5. The standard InChI is InChI=1S/C25H25ClN4O4S/c26-18-5-3-16(4-6-18)14-27-24(33)20-15-30-22-19(23(20)32)12-17(2-1-9-31)13-21(22)35-25(28-30)29-7-10-34-11-8-29/h3-6,12-13,15,31H,1-2,7-11,14H2,(H,27,33). The summed E-state index contributed by atoms with van der Waals surface area (Å²) in [5.74, 6) is -0.459. The van der Waals surface area contributed by atoms with Crippen LogP contribution >= 0.6 is 23.4 Å². The molecular formula is C25H25ClN4O4S. The first-order valence-electron chi connectivity index (χ1n) is 11.5. The zero-order valence-corrected chi connectivity index (χ0v) is 20.6. The fourth-order valence-electron chi connectivity index (χ4n) is 4.18. The topological polar surface area (TPSA) is 96.2 Å². The molecule has 2 N–H and O–H groups in total. The number of hydrogen-bond donors (Lipinski definition) is 2. The number of halogens is 1. The van der Waals surface area contributed by atoms with Gasteiger partial charge in [0.15, 0.2) is 5.17 Å². The van der Waals surface area contributed by atoms with Gasteiger partial charge in [0.1, 0.15) is 5.56 Å². The van der Waals surface area contributed by atoms with Gasteiger partial charge in [-0.15, -0.1) is 5.10 Å². The molecule has 10 heteroatoms. The van der Waals surface area contributed by atoms with Crippen molar-refractivity contribution in [3.05, 3.63) is 74.5 Å². The lowest BCUT2D eigenvalue weighted by molar-refractivity contribution is 0.0691. The number of carbonyl (C=O) groups excluding carboxylic acids is 1. The summed E-state index contributed by atoms with van der Waals surface area (Å²) < 4.78 is 7.13. The van der Waals surface area contributed by atoms with Crippen LogP contribution in [0.4, 0.5) is 0 Å². The van der Waals surface area contributed by atoms with E-state index in [2.05, 4.69) is 10.2 Å². The molecule has 3 heterocycles. The Morgan fingerprint density at radius 2 is 1.94 bits per heavy atom. The smallest absolute Gasteiger partial charge is 0.257 e. The Kier molecular flexibility index (Phi) is 7.10. The minimum Gasteiger partial charge on any atom is -0.396 e. The molecule has 1 fully saturated rings. The van der Waals surface area contributed by atoms with Gasteiger partial charge < -0.3 is 20.1 Å². The molecule has 8 nitrogen and oxygen atoms in total. The van der Waals surface area contributed by atoms with Gasteiger partial charge in [0.25, 0.3) is 5.91 Å². The van der Waals surface area contributed by atoms with Crippen LogP contribution in [0.3, 0.4) is 0 Å². The van der Waals surface area contributed by atoms with Crippen molar-refractivity contribution in [2.75, 3.05) is 32.9 Å². The van der Waals surface area contributed by atoms with E-state index in [0.29, 0.717) is 42.0 Å². The highest BCUT2D eigenvalue weighted by molar-refractivity contribution is 8.14. The molecule has 0 atom stereocenters. The number of aliphatic hydroxyl groups excluding tert-OH is 1. The molecule has 0 radical (unpaired) electrons. The summed E-state index contributed by atoms with van der Waals surface area (Å²) in [6.07, 6.45) is 2.75. The van der Waals surface area contributed by atoms with Crippen LogP contribution in [0.2, 0.25) is 5.02 Å². The van der Waals surface area contributed by atoms with Crippen molar-refractivity contribution in [3.63, 3.8) is 0 Å². The molecule has 1 saturated heterocycles. The van der Waals surface area contributed by atoms with Crippen LogP contribution in [0.5, 0.6) is 0 Å². The Morgan fingerprint density at radius 3 is 2.69 bits per heavy atom. The number of nitrogens with zero attached hydrogens (tertiary/aromatic N) is 3. The van der Waals surface area contributed by atoms with E-state index in [1.165, 1.54) is 18.0 Å². The van der Waals surface area contributed by atoms with Crippen molar-refractivity contribution in [2.45, 2.75) is 24.3 Å². The lowest BCUT2D eigenvalue weighted by Gasteiger charge is -2.31. The van der Waals surface area contributed by atoms with Gasteiger partial charge in [0, 0.05) is 47.7 Å². The van der Waals surface area contributed by atoms with Crippen molar-refractivity contribution >= 4 is 45.3 Å². The number of morpholine rings is 1. The molecule has 2 aliphatic rings. The Balaban J connectivity index is 1.54. The minimum atomic E-state index is -0.459. The number of nitrogens with one attached hydrogen (secondary N) is 1. The van der Waals surface area contributed by atoms with Crippen molar-refractivity contribution in [3.8, 4) is 0 Å². The fourth-order valence-corrected chi connectivity index (χ4v) is 5.46. The second kappa shape index (κ2) is 10.4. The Morgan fingerprint density at radius 1 is 1.17 bits per heavy atom. The first kappa shape index (κ1) is 23.9. The molecule has 5 rings (SSSR count). The van der Waals surface area contributed by atoms with Gasteiger partial charge in [0.05, 0.1) is 18.7 Å². The molecule has 1 aromatic heterocycles. The summed E-state index contributed by atoms with van der Waals surface area (Å²) in [5, 5.41) is 18.8. The first-order valence-corrected chi connectivity index (χ1v) is 12.7. The molecule has 1 amide bonds. The van der Waals surface area contributed by atoms with Crippen LogP contribution in [0.1, 0.15) is 27.9 Å². The summed E-state index contributed by atoms with van der Waals surface area (Å²) in [4.78, 5) is 29.6. The van der Waals surface area contributed by atoms with Crippen molar-refractivity contribution in [1.82, 2.24) is 14.9 Å². The average molecular weight is 513 g/mol. The molecular weight excluding hydrogens is 488 g/mol. The van der Waals surface area contributed by atoms with Gasteiger partial charge >= 0.3 is 0 Å². The van der Waals surface area contributed by atoms with Crippen LogP contribution in [-0.2, 0) is 17.7 Å². The van der Waals surface area contributed by atoms with Crippen molar-refractivity contribution in [1.29, 1.82) is 0 Å². The summed E-state index contributed by atoms with van der Waals surface area (Å²) >= 11 is 7.46. The highest BCUT2D eigenvalue weighted by Crippen LogP contribution is 2.34. The normalized spacial score (nSPS) is 15.3. The molecule has 35 heavy (non-hydrogen) atoms. The third kappa shape index (κ3) is 5.08. The summed E-state index contributed by atoms with van der Waals surface area (Å²) in [6.45, 7) is 3.04. The maximum absolute atomic E-state index is 13.5. The summed E-state index contributed by atoms with van der Waals surface area (Å²) in [5.41, 5.74) is 2.22. The van der Waals surface area contributed by atoms with Crippen molar-refractivity contribution < 1.29 is 14.6 Å². The van der Waals surface area contributed by atoms with E-state index >= 15 is 0 Å². The number of thioether (sulfide) groups is 1. The Labute approximate surface area is 211 Å². The lowest BCUT2D eigenvalue weighted by Crippen LogP contribution is -2.40. The lowest BCUT2D eigenvalue weighted by atomic mass is 10.0. The number of amides is 1. The van der Waals surface area contributed by atoms with Gasteiger partial charge in [-0.1, -0.05) is 23.7 Å². The Bertz CT molecular complexity index is 1350. The second-order valence-corrected chi connectivity index (χ2v) is 9.87. The van der Waals surface area contributed by atoms with Crippen LogP contribution in [-0.4, -0.2) is 58.7 Å². The van der Waals surface area contributed by atoms with E-state index in [9.17, 15) is 14.7 Å². The highest BCUT2D eigenvalue weighted by Gasteiger charge is 2.26. The van der Waals surface area contributed by atoms with Crippen molar-refractivity contribution in [2.24, 2.45) is 5.10 Å². The third-order valence-electron chi connectivity index (χ3n) is 6.02. The molecule has 3 aromatic rings. The predicted octanol–water partition coefficient (Wildman–Crippen LogP) is 3.07. The molecule has 2 aliphatic heterocycles. The number of rotatable bonds is 6. The van der Waals surface area contributed by atoms with Crippen LogP contribution in [0, 0.1) is 0 Å². The van der Waals surface area contributed by atoms with E-state index in [4.69, 9.17) is 21.4 Å². The number of aryl methyl sites for hydroxylation is 1. The fraction of sp³-hybridized carbons (Fsp3) is 0.320. The molecule has 182 valence electrons. The number of ether oxygens (including phenoxy) is 1. The molecule has 2 aromatic carbocycles. The third-order valence-corrected chi connectivity index (χ3v) is 7.32. The van der Waals surface area contributed by atoms with Crippen LogP contribution in [0.15, 0.2) is 57.4 Å². The number of aromatic nitrogens is 1. The number of pyridine rings is 1. The maximum atomic E-state index is 13.5. The average Bonchev–Trinajstić information content (AvgIpc) is 2.89. The molecule has 0 unspecified atom stereocenters. The number of benzene rings is 2. The van der Waals surface area contributed by atoms with E-state index in [-0.39, 0.29) is 24.1 Å². The quantitative estimate of drug-likeness (QED) is 0.527. The number of hydrogen-bond acceptors (Lipinski definition) is 7. The van der Waals surface area contributed by atoms with E-state index in [0.717, 1.165) is 34.3 Å². The molecule has 0 saturated carbocycles. The monoisotopic (exact) mass is 512 g/mol. The molecule has 0 aliphatic carbocycles. The zero-order chi connectivity index (χ0) is 24.4. The predicted molar refractivity (Wildman–Crippen MR) is 137 cm³/mol. The summed E-state index contributed by atoms with van der Waals surface area (Å²) in [6, 6.07) is 11.0. The van der Waals surface area contributed by atoms with E-state index in [1.54, 1.807) is 16.8 Å². The maximum Gasteiger partial charge on any atom is 0.257 e. The van der Waals surface area contributed by atoms with E-state index in [1.807, 2.05) is 24.3 Å². The van der Waals surface area contributed by atoms with Gasteiger partial charge in [-0.3, -0.25) is 9.59 Å². The van der Waals surface area contributed by atoms with Gasteiger partial charge in [-0.2, -0.15) is 0 Å². The van der Waals surface area contributed by atoms with Gasteiger partial charge in [0.2, 0.25) is 5.43 Å².